The van der Waals surface area contributed by atoms with Crippen LogP contribution in [0.15, 0.2) is 34.7 Å². The van der Waals surface area contributed by atoms with Crippen molar-refractivity contribution in [2.45, 2.75) is 32.6 Å². The average molecular weight is 227 g/mol. The van der Waals surface area contributed by atoms with Gasteiger partial charge < -0.3 is 9.40 Å². The fourth-order valence-corrected chi connectivity index (χ4v) is 2.23. The van der Waals surface area contributed by atoms with Gasteiger partial charge in [-0.15, -0.1) is 0 Å². The monoisotopic (exact) mass is 227 g/mol. The van der Waals surface area contributed by atoms with Gasteiger partial charge in [0.2, 0.25) is 5.55 Å². The molecule has 88 valence electrons. The Bertz CT molecular complexity index is 677. The predicted octanol–water partition coefficient (Wildman–Crippen LogP) is 4.22. The Morgan fingerprint density at radius 2 is 2.06 bits per heavy atom. The highest BCUT2D eigenvalue weighted by molar-refractivity contribution is 5.78. The molecule has 1 N–H and O–H groups in total. The number of aromatic nitrogens is 1. The van der Waals surface area contributed by atoms with Gasteiger partial charge in [-0.2, -0.15) is 0 Å². The molecule has 0 amide bonds. The van der Waals surface area contributed by atoms with Crippen molar-refractivity contribution in [2.75, 3.05) is 0 Å². The third kappa shape index (κ3) is 2.07. The van der Waals surface area contributed by atoms with Gasteiger partial charge in [-0.1, -0.05) is 38.0 Å². The summed E-state index contributed by atoms with van der Waals surface area (Å²) in [5.41, 5.74) is 4.49. The number of H-pyrrole nitrogens is 1. The first-order valence-corrected chi connectivity index (χ1v) is 6.37. The number of fused-ring (bicyclic) bond motifs is 1. The van der Waals surface area contributed by atoms with Crippen LogP contribution in [0.3, 0.4) is 0 Å². The van der Waals surface area contributed by atoms with Crippen molar-refractivity contribution in [1.29, 1.82) is 0 Å². The Hall–Kier alpha value is -1.70. The quantitative estimate of drug-likeness (QED) is 0.664. The molecule has 0 radical (unpaired) electrons. The van der Waals surface area contributed by atoms with Gasteiger partial charge >= 0.3 is 0 Å². The van der Waals surface area contributed by atoms with Crippen LogP contribution in [0.5, 0.6) is 0 Å². The highest BCUT2D eigenvalue weighted by Crippen LogP contribution is 2.19. The van der Waals surface area contributed by atoms with Crippen molar-refractivity contribution in [1.82, 2.24) is 4.98 Å². The zero-order chi connectivity index (χ0) is 11.7. The molecular weight excluding hydrogens is 210 g/mol. The van der Waals surface area contributed by atoms with Gasteiger partial charge in [0.25, 0.3) is 0 Å². The lowest BCUT2D eigenvalue weighted by atomic mass is 10.1. The van der Waals surface area contributed by atoms with Gasteiger partial charge in [-0.05, 0) is 30.4 Å². The van der Waals surface area contributed by atoms with E-state index in [1.54, 1.807) is 0 Å². The zero-order valence-electron chi connectivity index (χ0n) is 10.1. The molecule has 17 heavy (non-hydrogen) atoms. The molecule has 0 fully saturated rings. The second-order valence-electron chi connectivity index (χ2n) is 4.60. The van der Waals surface area contributed by atoms with Crippen molar-refractivity contribution < 1.29 is 4.42 Å². The zero-order valence-corrected chi connectivity index (χ0v) is 10.1. The van der Waals surface area contributed by atoms with Gasteiger partial charge in [-0.25, -0.2) is 0 Å². The van der Waals surface area contributed by atoms with Crippen molar-refractivity contribution in [3.63, 3.8) is 0 Å². The van der Waals surface area contributed by atoms with Gasteiger partial charge in [0.05, 0.1) is 0 Å². The SMILES string of the molecule is CCCCCc1cc2ccccc2[nH]c2oc1=2. The number of aromatic amines is 1. The smallest absolute Gasteiger partial charge is 0.241 e. The third-order valence-electron chi connectivity index (χ3n) is 3.25. The maximum absolute atomic E-state index is 5.51. The van der Waals surface area contributed by atoms with Crippen LogP contribution in [-0.2, 0) is 6.42 Å². The lowest BCUT2D eigenvalue weighted by Gasteiger charge is -1.96. The van der Waals surface area contributed by atoms with E-state index in [-0.39, 0.29) is 0 Å². The maximum atomic E-state index is 5.51. The Kier molecular flexibility index (Phi) is 2.63. The summed E-state index contributed by atoms with van der Waals surface area (Å²) in [5.74, 6) is 0. The molecular formula is C15H17NO. The molecule has 0 spiro atoms. The summed E-state index contributed by atoms with van der Waals surface area (Å²) in [5, 5.41) is 1.26. The number of unbranched alkanes of at least 4 members (excludes halogenated alkanes) is 2. The van der Waals surface area contributed by atoms with E-state index in [0.29, 0.717) is 0 Å². The minimum atomic E-state index is 0.942. The van der Waals surface area contributed by atoms with E-state index in [0.717, 1.165) is 22.9 Å². The molecule has 2 nitrogen and oxygen atoms in total. The molecule has 2 heteroatoms. The van der Waals surface area contributed by atoms with E-state index in [9.17, 15) is 0 Å². The van der Waals surface area contributed by atoms with Gasteiger partial charge in [0.1, 0.15) is 0 Å². The molecule has 1 aromatic carbocycles. The highest BCUT2D eigenvalue weighted by Gasteiger charge is 2.08. The van der Waals surface area contributed by atoms with E-state index < -0.39 is 0 Å². The van der Waals surface area contributed by atoms with Gasteiger partial charge in [0.15, 0.2) is 5.42 Å². The van der Waals surface area contributed by atoms with Crippen molar-refractivity contribution >= 4 is 10.9 Å². The van der Waals surface area contributed by atoms with Crippen LogP contribution in [0.25, 0.3) is 10.9 Å². The fourth-order valence-electron chi connectivity index (χ4n) is 2.23. The number of benzene rings is 1. The molecule has 0 aromatic heterocycles. The standard InChI is InChI=1S/C15H17NO/c1-2-3-4-8-12-10-11-7-5-6-9-13(11)16-15-14(12)17-15/h5-7,9-10,16H,2-4,8H2,1H3. The van der Waals surface area contributed by atoms with E-state index in [1.165, 1.54) is 30.2 Å². The summed E-state index contributed by atoms with van der Waals surface area (Å²) in [6.45, 7) is 2.23. The topological polar surface area (TPSA) is 28.9 Å². The molecule has 2 aliphatic heterocycles. The molecule has 3 rings (SSSR count). The molecule has 0 aliphatic carbocycles. The minimum Gasteiger partial charge on any atom is -0.431 e. The Balaban J connectivity index is 2.04. The molecule has 0 saturated heterocycles. The average Bonchev–Trinajstić information content (AvgIpc) is 3.09. The van der Waals surface area contributed by atoms with Crippen molar-refractivity contribution in [3.8, 4) is 0 Å². The Morgan fingerprint density at radius 1 is 1.18 bits per heavy atom. The van der Waals surface area contributed by atoms with Crippen LogP contribution in [0.4, 0.5) is 0 Å². The normalized spacial score (nSPS) is 11.6. The van der Waals surface area contributed by atoms with Crippen LogP contribution in [0.1, 0.15) is 31.7 Å². The first-order valence-electron chi connectivity index (χ1n) is 6.37. The van der Waals surface area contributed by atoms with Crippen LogP contribution < -0.4 is 0 Å². The number of hydrogen-bond acceptors (Lipinski definition) is 1. The predicted molar refractivity (Wildman–Crippen MR) is 69.1 cm³/mol. The molecule has 2 heterocycles. The lowest BCUT2D eigenvalue weighted by molar-refractivity contribution is 0.615. The van der Waals surface area contributed by atoms with E-state index in [4.69, 9.17) is 4.42 Å². The summed E-state index contributed by atoms with van der Waals surface area (Å²) in [6.07, 6.45) is 4.90. The van der Waals surface area contributed by atoms with Crippen LogP contribution in [0, 0.1) is 11.0 Å². The largest absolute Gasteiger partial charge is 0.431 e. The molecule has 2 aliphatic rings. The number of aryl methyl sites for hydroxylation is 1. The number of hydrogen-bond donors (Lipinski definition) is 1. The second-order valence-corrected chi connectivity index (χ2v) is 4.60. The van der Waals surface area contributed by atoms with Gasteiger partial charge in [-0.3, -0.25) is 0 Å². The van der Waals surface area contributed by atoms with Crippen molar-refractivity contribution in [2.24, 2.45) is 0 Å². The molecule has 0 saturated carbocycles. The molecule has 1 aromatic rings. The van der Waals surface area contributed by atoms with Crippen LogP contribution in [-0.4, -0.2) is 4.98 Å². The van der Waals surface area contributed by atoms with Gasteiger partial charge in [0, 0.05) is 11.1 Å². The first-order chi connectivity index (χ1) is 8.38. The second kappa shape index (κ2) is 4.28. The summed E-state index contributed by atoms with van der Waals surface area (Å²) in [4.78, 5) is 3.32. The maximum Gasteiger partial charge on any atom is 0.241 e. The number of nitrogens with one attached hydrogen (secondary N) is 1. The van der Waals surface area contributed by atoms with E-state index >= 15 is 0 Å². The first kappa shape index (κ1) is 10.5. The molecule has 0 unspecified atom stereocenters. The Labute approximate surface area is 100 Å². The minimum absolute atomic E-state index is 0.942. The highest BCUT2D eigenvalue weighted by atomic mass is 16.4. The third-order valence-corrected chi connectivity index (χ3v) is 3.25. The summed E-state index contributed by atoms with van der Waals surface area (Å²) < 4.78 is 5.51. The fraction of sp³-hybridized carbons (Fsp3) is 0.333. The summed E-state index contributed by atoms with van der Waals surface area (Å²) in [6, 6.07) is 10.6. The number of rotatable bonds is 4. The summed E-state index contributed by atoms with van der Waals surface area (Å²) >= 11 is 0. The summed E-state index contributed by atoms with van der Waals surface area (Å²) in [7, 11) is 0. The lowest BCUT2D eigenvalue weighted by Crippen LogP contribution is -1.83. The molecule has 0 atom stereocenters. The van der Waals surface area contributed by atoms with Crippen molar-refractivity contribution in [3.05, 3.63) is 46.9 Å². The van der Waals surface area contributed by atoms with E-state index in [1.807, 2.05) is 6.07 Å². The molecule has 0 bridgehead atoms. The van der Waals surface area contributed by atoms with Crippen LogP contribution >= 0.6 is 0 Å². The van der Waals surface area contributed by atoms with E-state index in [2.05, 4.69) is 36.2 Å². The Morgan fingerprint density at radius 3 is 2.94 bits per heavy atom. The van der Waals surface area contributed by atoms with Crippen LogP contribution in [0.2, 0.25) is 0 Å². The number of para-hydroxylation sites is 1.